The van der Waals surface area contributed by atoms with Crippen LogP contribution < -0.4 is 4.74 Å². The topological polar surface area (TPSA) is 88.4 Å². The molecule has 2 aliphatic rings. The van der Waals surface area contributed by atoms with Gasteiger partial charge >= 0.3 is 0 Å². The van der Waals surface area contributed by atoms with Gasteiger partial charge in [-0.1, -0.05) is 12.1 Å². The molecule has 0 aromatic heterocycles. The van der Waals surface area contributed by atoms with Gasteiger partial charge in [-0.15, -0.1) is 0 Å². The van der Waals surface area contributed by atoms with Gasteiger partial charge in [-0.2, -0.15) is 0 Å². The minimum Gasteiger partial charge on any atom is -0.493 e. The number of benzene rings is 1. The van der Waals surface area contributed by atoms with Crippen molar-refractivity contribution in [3.05, 3.63) is 36.2 Å². The van der Waals surface area contributed by atoms with Crippen LogP contribution in [0.1, 0.15) is 24.5 Å². The third-order valence-corrected chi connectivity index (χ3v) is 4.61. The van der Waals surface area contributed by atoms with Gasteiger partial charge in [0.2, 0.25) is 0 Å². The van der Waals surface area contributed by atoms with Crippen molar-refractivity contribution < 1.29 is 60.6 Å². The quantitative estimate of drug-likeness (QED) is 0.452. The SMILES string of the molecule is OCC1[CH-]C(O)C(O)[C@@H](c2ccc(OCC3CCOCC3)cc2)O1.[U]. The first-order valence-electron chi connectivity index (χ1n) is 8.45. The first-order valence-corrected chi connectivity index (χ1v) is 8.45. The monoisotopic (exact) mass is 575 g/mol. The molecule has 2 heterocycles. The standard InChI is InChI=1S/C18H25O6.U/c19-10-15-9-16(20)17(21)18(24-15)13-1-3-14(4-2-13)23-11-12-5-7-22-8-6-12;/h1-4,9,12,15-21H,5-8,10-11H2;/q-1;/t15?,16?,17?,18-;/m1./s1. The molecule has 2 saturated heterocycles. The molecule has 0 bridgehead atoms. The largest absolute Gasteiger partial charge is 0.493 e. The third kappa shape index (κ3) is 5.67. The van der Waals surface area contributed by atoms with Crippen LogP contribution in [-0.4, -0.2) is 60.1 Å². The molecular weight excluding hydrogens is 550 g/mol. The Morgan fingerprint density at radius 1 is 1.12 bits per heavy atom. The fraction of sp³-hybridized carbons (Fsp3) is 0.611. The predicted molar refractivity (Wildman–Crippen MR) is 86.5 cm³/mol. The molecule has 0 amide bonds. The molecule has 4 atom stereocenters. The molecule has 0 radical (unpaired) electrons. The summed E-state index contributed by atoms with van der Waals surface area (Å²) >= 11 is 0. The Balaban J connectivity index is 0.00000225. The van der Waals surface area contributed by atoms with Gasteiger partial charge in [-0.05, 0) is 48.7 Å². The van der Waals surface area contributed by atoms with Gasteiger partial charge in [0.05, 0.1) is 12.7 Å². The van der Waals surface area contributed by atoms with Gasteiger partial charge in [0.1, 0.15) is 11.9 Å². The number of aliphatic hydroxyl groups is 3. The molecule has 3 rings (SSSR count). The van der Waals surface area contributed by atoms with Crippen molar-refractivity contribution in [2.24, 2.45) is 5.92 Å². The van der Waals surface area contributed by atoms with E-state index in [2.05, 4.69) is 0 Å². The number of aliphatic hydroxyl groups excluding tert-OH is 3. The summed E-state index contributed by atoms with van der Waals surface area (Å²) in [6, 6.07) is 7.31. The Kier molecular flexibility index (Phi) is 8.70. The Labute approximate surface area is 171 Å². The van der Waals surface area contributed by atoms with E-state index in [-0.39, 0.29) is 37.7 Å². The fourth-order valence-corrected chi connectivity index (χ4v) is 3.09. The molecule has 0 spiro atoms. The number of hydrogen-bond donors (Lipinski definition) is 3. The number of hydrogen-bond acceptors (Lipinski definition) is 6. The Bertz CT molecular complexity index is 505. The second-order valence-electron chi connectivity index (χ2n) is 6.39. The summed E-state index contributed by atoms with van der Waals surface area (Å²) in [5.41, 5.74) is 0.742. The molecule has 0 saturated carbocycles. The molecule has 2 fully saturated rings. The third-order valence-electron chi connectivity index (χ3n) is 4.61. The van der Waals surface area contributed by atoms with E-state index in [4.69, 9.17) is 14.2 Å². The van der Waals surface area contributed by atoms with Crippen LogP contribution in [-0.2, 0) is 9.47 Å². The van der Waals surface area contributed by atoms with Crippen molar-refractivity contribution in [1.29, 1.82) is 0 Å². The first-order chi connectivity index (χ1) is 11.7. The van der Waals surface area contributed by atoms with Gasteiger partial charge in [0.15, 0.2) is 0 Å². The van der Waals surface area contributed by atoms with Crippen LogP contribution >= 0.6 is 0 Å². The van der Waals surface area contributed by atoms with Crippen LogP contribution in [0.2, 0.25) is 0 Å². The van der Waals surface area contributed by atoms with Crippen LogP contribution in [0, 0.1) is 43.5 Å². The molecule has 6 nitrogen and oxygen atoms in total. The van der Waals surface area contributed by atoms with Crippen molar-refractivity contribution >= 4 is 0 Å². The van der Waals surface area contributed by atoms with Crippen LogP contribution in [0.15, 0.2) is 24.3 Å². The molecule has 2 aliphatic heterocycles. The van der Waals surface area contributed by atoms with Crippen LogP contribution in [0.5, 0.6) is 5.75 Å². The number of rotatable bonds is 5. The Morgan fingerprint density at radius 2 is 1.80 bits per heavy atom. The second-order valence-corrected chi connectivity index (χ2v) is 6.39. The van der Waals surface area contributed by atoms with Gasteiger partial charge in [-0.3, -0.25) is 6.42 Å². The van der Waals surface area contributed by atoms with E-state index in [1.165, 1.54) is 6.42 Å². The van der Waals surface area contributed by atoms with Gasteiger partial charge in [-0.25, -0.2) is 0 Å². The molecule has 3 unspecified atom stereocenters. The van der Waals surface area contributed by atoms with Crippen molar-refractivity contribution in [2.75, 3.05) is 26.4 Å². The zero-order valence-corrected chi connectivity index (χ0v) is 18.2. The summed E-state index contributed by atoms with van der Waals surface area (Å²) < 4.78 is 16.8. The molecule has 0 aliphatic carbocycles. The molecule has 7 heteroatoms. The predicted octanol–water partition coefficient (Wildman–Crippen LogP) is 0.850. The Morgan fingerprint density at radius 3 is 2.44 bits per heavy atom. The summed E-state index contributed by atoms with van der Waals surface area (Å²) in [5, 5.41) is 29.2. The van der Waals surface area contributed by atoms with Gasteiger partial charge in [0.25, 0.3) is 0 Å². The smallest absolute Gasteiger partial charge is 0.119 e. The van der Waals surface area contributed by atoms with E-state index < -0.39 is 24.4 Å². The van der Waals surface area contributed by atoms with Gasteiger partial charge < -0.3 is 29.5 Å². The van der Waals surface area contributed by atoms with Crippen molar-refractivity contribution in [3.8, 4) is 5.75 Å². The van der Waals surface area contributed by atoms with E-state index in [0.29, 0.717) is 12.5 Å². The maximum absolute atomic E-state index is 10.1. The van der Waals surface area contributed by atoms with E-state index in [9.17, 15) is 15.3 Å². The summed E-state index contributed by atoms with van der Waals surface area (Å²) in [4.78, 5) is 0. The van der Waals surface area contributed by atoms with Crippen LogP contribution in [0.25, 0.3) is 0 Å². The zero-order valence-electron chi connectivity index (χ0n) is 14.1. The maximum atomic E-state index is 10.1. The average Bonchev–Trinajstić information content (AvgIpc) is 2.63. The van der Waals surface area contributed by atoms with E-state index >= 15 is 0 Å². The molecular formula is C18H25O6U-. The number of ether oxygens (including phenoxy) is 3. The second kappa shape index (κ2) is 10.3. The average molecular weight is 575 g/mol. The summed E-state index contributed by atoms with van der Waals surface area (Å²) in [6.07, 6.45) is 0.123. The van der Waals surface area contributed by atoms with E-state index in [1.807, 2.05) is 24.3 Å². The zero-order chi connectivity index (χ0) is 16.9. The summed E-state index contributed by atoms with van der Waals surface area (Å²) in [7, 11) is 0. The fourth-order valence-electron chi connectivity index (χ4n) is 3.09. The first kappa shape index (κ1) is 21.2. The van der Waals surface area contributed by atoms with Crippen molar-refractivity contribution in [1.82, 2.24) is 0 Å². The molecule has 1 aromatic rings. The van der Waals surface area contributed by atoms with Gasteiger partial charge in [0, 0.05) is 50.9 Å². The minimum absolute atomic E-state index is 0. The molecule has 138 valence electrons. The Hall–Kier alpha value is -0.128. The van der Waals surface area contributed by atoms with E-state index in [1.54, 1.807) is 0 Å². The van der Waals surface area contributed by atoms with E-state index in [0.717, 1.165) is 37.4 Å². The van der Waals surface area contributed by atoms with Crippen LogP contribution in [0.3, 0.4) is 0 Å². The summed E-state index contributed by atoms with van der Waals surface area (Å²) in [6.45, 7) is 2.04. The minimum atomic E-state index is -1.05. The van der Waals surface area contributed by atoms with Crippen molar-refractivity contribution in [3.63, 3.8) is 0 Å². The summed E-state index contributed by atoms with van der Waals surface area (Å²) in [5.74, 6) is 1.29. The van der Waals surface area contributed by atoms with Crippen LogP contribution in [0.4, 0.5) is 0 Å². The normalized spacial score (nSPS) is 30.5. The molecule has 3 N–H and O–H groups in total. The van der Waals surface area contributed by atoms with Crippen molar-refractivity contribution in [2.45, 2.75) is 37.3 Å². The molecule has 1 aromatic carbocycles. The maximum Gasteiger partial charge on any atom is 0.119 e. The molecule has 25 heavy (non-hydrogen) atoms.